The van der Waals surface area contributed by atoms with E-state index in [4.69, 9.17) is 10.2 Å². The summed E-state index contributed by atoms with van der Waals surface area (Å²) in [6.07, 6.45) is 0.174. The van der Waals surface area contributed by atoms with E-state index in [1.165, 1.54) is 0 Å². The highest BCUT2D eigenvalue weighted by molar-refractivity contribution is 5.08. The highest BCUT2D eigenvalue weighted by atomic mass is 16.4. The SMILES string of the molecule is CCC(O)c1ccc(CN)o1. The molecule has 0 aliphatic carbocycles. The molecule has 0 saturated carbocycles. The van der Waals surface area contributed by atoms with Gasteiger partial charge in [-0.25, -0.2) is 0 Å². The maximum absolute atomic E-state index is 9.30. The van der Waals surface area contributed by atoms with Gasteiger partial charge in [0.1, 0.15) is 17.6 Å². The molecule has 0 aromatic carbocycles. The Morgan fingerprint density at radius 1 is 1.64 bits per heavy atom. The van der Waals surface area contributed by atoms with Crippen LogP contribution >= 0.6 is 0 Å². The molecule has 3 nitrogen and oxygen atoms in total. The highest BCUT2D eigenvalue weighted by Gasteiger charge is 2.08. The van der Waals surface area contributed by atoms with Gasteiger partial charge >= 0.3 is 0 Å². The molecule has 1 rings (SSSR count). The molecular formula is C8H13NO2. The normalized spacial score (nSPS) is 13.4. The molecule has 0 aliphatic rings. The Bertz CT molecular complexity index is 220. The zero-order chi connectivity index (χ0) is 8.27. The minimum absolute atomic E-state index is 0.385. The van der Waals surface area contributed by atoms with Crippen LogP contribution in [0.2, 0.25) is 0 Å². The van der Waals surface area contributed by atoms with E-state index in [0.717, 1.165) is 0 Å². The van der Waals surface area contributed by atoms with Crippen LogP contribution in [0.25, 0.3) is 0 Å². The zero-order valence-corrected chi connectivity index (χ0v) is 6.58. The molecular weight excluding hydrogens is 142 g/mol. The fraction of sp³-hybridized carbons (Fsp3) is 0.500. The third-order valence-corrected chi connectivity index (χ3v) is 1.60. The van der Waals surface area contributed by atoms with Gasteiger partial charge in [-0.15, -0.1) is 0 Å². The second-order valence-corrected chi connectivity index (χ2v) is 2.43. The summed E-state index contributed by atoms with van der Waals surface area (Å²) in [6, 6.07) is 3.55. The van der Waals surface area contributed by atoms with Gasteiger partial charge in [0.05, 0.1) is 6.54 Å². The molecule has 0 fully saturated rings. The van der Waals surface area contributed by atoms with E-state index in [1.54, 1.807) is 12.1 Å². The van der Waals surface area contributed by atoms with Crippen molar-refractivity contribution in [2.24, 2.45) is 5.73 Å². The van der Waals surface area contributed by atoms with Gasteiger partial charge in [-0.1, -0.05) is 6.92 Å². The Balaban J connectivity index is 2.71. The van der Waals surface area contributed by atoms with Crippen molar-refractivity contribution in [3.8, 4) is 0 Å². The van der Waals surface area contributed by atoms with Crippen molar-refractivity contribution in [1.29, 1.82) is 0 Å². The lowest BCUT2D eigenvalue weighted by molar-refractivity contribution is 0.144. The van der Waals surface area contributed by atoms with Gasteiger partial charge in [0.15, 0.2) is 0 Å². The Morgan fingerprint density at radius 2 is 2.36 bits per heavy atom. The summed E-state index contributed by atoms with van der Waals surface area (Å²) < 4.78 is 5.21. The van der Waals surface area contributed by atoms with Crippen LogP contribution < -0.4 is 5.73 Å². The average molecular weight is 155 g/mol. The lowest BCUT2D eigenvalue weighted by atomic mass is 10.2. The van der Waals surface area contributed by atoms with Crippen LogP contribution in [-0.2, 0) is 6.54 Å². The van der Waals surface area contributed by atoms with Crippen molar-refractivity contribution in [3.63, 3.8) is 0 Å². The molecule has 0 bridgehead atoms. The second-order valence-electron chi connectivity index (χ2n) is 2.43. The number of hydrogen-bond acceptors (Lipinski definition) is 3. The first kappa shape index (κ1) is 8.30. The topological polar surface area (TPSA) is 59.4 Å². The van der Waals surface area contributed by atoms with E-state index >= 15 is 0 Å². The predicted octanol–water partition coefficient (Wildman–Crippen LogP) is 1.18. The van der Waals surface area contributed by atoms with Crippen molar-refractivity contribution in [2.75, 3.05) is 0 Å². The van der Waals surface area contributed by atoms with Crippen molar-refractivity contribution >= 4 is 0 Å². The van der Waals surface area contributed by atoms with Crippen molar-refractivity contribution in [3.05, 3.63) is 23.7 Å². The standard InChI is InChI=1S/C8H13NO2/c1-2-7(10)8-4-3-6(5-9)11-8/h3-4,7,10H,2,5,9H2,1H3. The van der Waals surface area contributed by atoms with Gasteiger partial charge in [-0.2, -0.15) is 0 Å². The fourth-order valence-electron chi connectivity index (χ4n) is 0.884. The Kier molecular flexibility index (Phi) is 2.68. The molecule has 3 heteroatoms. The zero-order valence-electron chi connectivity index (χ0n) is 6.58. The Morgan fingerprint density at radius 3 is 2.82 bits per heavy atom. The van der Waals surface area contributed by atoms with Gasteiger partial charge in [0, 0.05) is 0 Å². The largest absolute Gasteiger partial charge is 0.462 e. The van der Waals surface area contributed by atoms with Crippen LogP contribution in [0.15, 0.2) is 16.5 Å². The van der Waals surface area contributed by atoms with E-state index in [-0.39, 0.29) is 0 Å². The lowest BCUT2D eigenvalue weighted by Gasteiger charge is -2.01. The molecule has 62 valence electrons. The van der Waals surface area contributed by atoms with Crippen LogP contribution in [0.5, 0.6) is 0 Å². The van der Waals surface area contributed by atoms with Crippen molar-refractivity contribution in [2.45, 2.75) is 26.0 Å². The van der Waals surface area contributed by atoms with Crippen LogP contribution in [0.4, 0.5) is 0 Å². The van der Waals surface area contributed by atoms with Crippen LogP contribution in [0, 0.1) is 0 Å². The van der Waals surface area contributed by atoms with Gasteiger partial charge in [0.2, 0.25) is 0 Å². The Hall–Kier alpha value is -0.800. The minimum Gasteiger partial charge on any atom is -0.462 e. The minimum atomic E-state index is -0.490. The maximum Gasteiger partial charge on any atom is 0.132 e. The Labute approximate surface area is 65.8 Å². The molecule has 1 aromatic heterocycles. The number of nitrogens with two attached hydrogens (primary N) is 1. The quantitative estimate of drug-likeness (QED) is 0.689. The molecule has 0 aliphatic heterocycles. The highest BCUT2D eigenvalue weighted by Crippen LogP contribution is 2.18. The molecule has 0 spiro atoms. The summed E-state index contributed by atoms with van der Waals surface area (Å²) in [7, 11) is 0. The van der Waals surface area contributed by atoms with E-state index in [2.05, 4.69) is 0 Å². The first-order valence-electron chi connectivity index (χ1n) is 3.74. The van der Waals surface area contributed by atoms with Gasteiger partial charge in [-0.3, -0.25) is 0 Å². The van der Waals surface area contributed by atoms with Crippen LogP contribution in [0.1, 0.15) is 31.0 Å². The van der Waals surface area contributed by atoms with Crippen LogP contribution in [-0.4, -0.2) is 5.11 Å². The summed E-state index contributed by atoms with van der Waals surface area (Å²) >= 11 is 0. The molecule has 1 unspecified atom stereocenters. The summed E-state index contributed by atoms with van der Waals surface area (Å²) in [6.45, 7) is 2.28. The van der Waals surface area contributed by atoms with E-state index in [0.29, 0.717) is 24.5 Å². The molecule has 1 heterocycles. The smallest absolute Gasteiger partial charge is 0.132 e. The van der Waals surface area contributed by atoms with E-state index in [9.17, 15) is 5.11 Å². The molecule has 11 heavy (non-hydrogen) atoms. The lowest BCUT2D eigenvalue weighted by Crippen LogP contribution is -1.94. The number of aliphatic hydroxyl groups excluding tert-OH is 1. The third kappa shape index (κ3) is 1.82. The van der Waals surface area contributed by atoms with E-state index in [1.807, 2.05) is 6.92 Å². The van der Waals surface area contributed by atoms with E-state index < -0.39 is 6.10 Å². The first-order valence-corrected chi connectivity index (χ1v) is 3.74. The summed E-state index contributed by atoms with van der Waals surface area (Å²) in [5, 5.41) is 9.30. The third-order valence-electron chi connectivity index (χ3n) is 1.60. The maximum atomic E-state index is 9.30. The van der Waals surface area contributed by atoms with Gasteiger partial charge in [-0.05, 0) is 18.6 Å². The number of rotatable bonds is 3. The number of aliphatic hydroxyl groups is 1. The predicted molar refractivity (Wildman–Crippen MR) is 41.9 cm³/mol. The van der Waals surface area contributed by atoms with Crippen molar-refractivity contribution in [1.82, 2.24) is 0 Å². The molecule has 1 atom stereocenters. The molecule has 1 aromatic rings. The van der Waals surface area contributed by atoms with Crippen LogP contribution in [0.3, 0.4) is 0 Å². The van der Waals surface area contributed by atoms with Gasteiger partial charge < -0.3 is 15.3 Å². The summed E-state index contributed by atoms with van der Waals surface area (Å²) in [5.74, 6) is 1.32. The molecule has 0 amide bonds. The molecule has 3 N–H and O–H groups in total. The number of hydrogen-bond donors (Lipinski definition) is 2. The summed E-state index contributed by atoms with van der Waals surface area (Å²) in [4.78, 5) is 0. The first-order chi connectivity index (χ1) is 5.27. The number of furan rings is 1. The fourth-order valence-corrected chi connectivity index (χ4v) is 0.884. The monoisotopic (exact) mass is 155 g/mol. The van der Waals surface area contributed by atoms with Crippen molar-refractivity contribution < 1.29 is 9.52 Å². The molecule has 0 saturated heterocycles. The molecule has 0 radical (unpaired) electrons. The van der Waals surface area contributed by atoms with Gasteiger partial charge in [0.25, 0.3) is 0 Å². The summed E-state index contributed by atoms with van der Waals surface area (Å²) in [5.41, 5.74) is 5.33. The second kappa shape index (κ2) is 3.55. The average Bonchev–Trinajstić information content (AvgIpc) is 2.50.